The molecule has 0 N–H and O–H groups in total. The number of pyridine rings is 1. The molecule has 0 spiro atoms. The fourth-order valence-electron chi connectivity index (χ4n) is 1.42. The summed E-state index contributed by atoms with van der Waals surface area (Å²) < 4.78 is 0. The molecular formula is C14H9N3S. The lowest BCUT2D eigenvalue weighted by molar-refractivity contribution is 1.14. The van der Waals surface area contributed by atoms with Gasteiger partial charge in [0.2, 0.25) is 0 Å². The summed E-state index contributed by atoms with van der Waals surface area (Å²) in [6.07, 6.45) is 7.42. The van der Waals surface area contributed by atoms with Gasteiger partial charge in [0.1, 0.15) is 0 Å². The molecule has 2 aromatic heterocycles. The summed E-state index contributed by atoms with van der Waals surface area (Å²) in [6.45, 7) is 0. The van der Waals surface area contributed by atoms with Crippen molar-refractivity contribution in [2.75, 3.05) is 0 Å². The van der Waals surface area contributed by atoms with E-state index < -0.39 is 5.92 Å². The lowest BCUT2D eigenvalue weighted by Gasteiger charge is -1.92. The summed E-state index contributed by atoms with van der Waals surface area (Å²) >= 11 is 1.46. The van der Waals surface area contributed by atoms with E-state index >= 15 is 0 Å². The summed E-state index contributed by atoms with van der Waals surface area (Å²) in [4.78, 5) is 5.76. The summed E-state index contributed by atoms with van der Waals surface area (Å²) in [5.74, 6) is -0.668. The van der Waals surface area contributed by atoms with E-state index in [1.165, 1.54) is 11.3 Å². The third-order valence-corrected chi connectivity index (χ3v) is 3.45. The van der Waals surface area contributed by atoms with Gasteiger partial charge < -0.3 is 0 Å². The van der Waals surface area contributed by atoms with Crippen LogP contribution in [0.5, 0.6) is 0 Å². The number of nitrogens with zero attached hydrogens (tertiary/aromatic N) is 3. The molecule has 0 fully saturated rings. The van der Waals surface area contributed by atoms with E-state index in [0.717, 1.165) is 15.3 Å². The standard InChI is InChI=1S/C14H9N3S/c15-9-12(10-16)14-4-3-13(18-14)2-1-11-5-7-17-8-6-11/h1-8,12H/b2-1+. The Labute approximate surface area is 109 Å². The van der Waals surface area contributed by atoms with E-state index in [-0.39, 0.29) is 0 Å². The molecule has 0 aliphatic heterocycles. The van der Waals surface area contributed by atoms with Gasteiger partial charge in [-0.2, -0.15) is 10.5 Å². The highest BCUT2D eigenvalue weighted by molar-refractivity contribution is 7.13. The molecule has 3 nitrogen and oxygen atoms in total. The summed E-state index contributed by atoms with van der Waals surface area (Å²) in [5, 5.41) is 17.6. The molecule has 0 aromatic carbocycles. The predicted octanol–water partition coefficient (Wildman–Crippen LogP) is 3.44. The maximum atomic E-state index is 8.81. The van der Waals surface area contributed by atoms with E-state index in [0.29, 0.717) is 0 Å². The number of hydrogen-bond donors (Lipinski definition) is 0. The van der Waals surface area contributed by atoms with Crippen LogP contribution in [0.4, 0.5) is 0 Å². The second-order valence-electron chi connectivity index (χ2n) is 3.55. The van der Waals surface area contributed by atoms with Crippen molar-refractivity contribution in [3.63, 3.8) is 0 Å². The van der Waals surface area contributed by atoms with Crippen LogP contribution >= 0.6 is 11.3 Å². The van der Waals surface area contributed by atoms with Gasteiger partial charge in [-0.25, -0.2) is 0 Å². The van der Waals surface area contributed by atoms with Crippen molar-refractivity contribution in [2.45, 2.75) is 5.92 Å². The zero-order valence-electron chi connectivity index (χ0n) is 9.45. The lowest BCUT2D eigenvalue weighted by atomic mass is 10.1. The van der Waals surface area contributed by atoms with E-state index in [4.69, 9.17) is 10.5 Å². The van der Waals surface area contributed by atoms with Crippen LogP contribution < -0.4 is 0 Å². The quantitative estimate of drug-likeness (QED) is 0.839. The predicted molar refractivity (Wildman–Crippen MR) is 71.5 cm³/mol. The third kappa shape index (κ3) is 2.82. The van der Waals surface area contributed by atoms with Crippen LogP contribution in [0.25, 0.3) is 12.2 Å². The van der Waals surface area contributed by atoms with Crippen LogP contribution in [0.1, 0.15) is 21.2 Å². The first-order valence-electron chi connectivity index (χ1n) is 5.30. The first-order valence-corrected chi connectivity index (χ1v) is 6.12. The van der Waals surface area contributed by atoms with Crippen molar-refractivity contribution in [3.05, 3.63) is 52.0 Å². The van der Waals surface area contributed by atoms with Gasteiger partial charge in [0.25, 0.3) is 0 Å². The Morgan fingerprint density at radius 2 is 1.78 bits per heavy atom. The number of rotatable bonds is 3. The fourth-order valence-corrected chi connectivity index (χ4v) is 2.33. The van der Waals surface area contributed by atoms with Gasteiger partial charge in [-0.1, -0.05) is 6.08 Å². The molecule has 0 radical (unpaired) electrons. The minimum atomic E-state index is -0.668. The Bertz CT molecular complexity index is 615. The van der Waals surface area contributed by atoms with Crippen LogP contribution in [0.2, 0.25) is 0 Å². The van der Waals surface area contributed by atoms with Crippen LogP contribution in [0.15, 0.2) is 36.7 Å². The zero-order chi connectivity index (χ0) is 12.8. The second-order valence-corrected chi connectivity index (χ2v) is 4.69. The minimum Gasteiger partial charge on any atom is -0.265 e. The first-order chi connectivity index (χ1) is 8.83. The zero-order valence-corrected chi connectivity index (χ0v) is 10.3. The van der Waals surface area contributed by atoms with Crippen LogP contribution in [-0.4, -0.2) is 4.98 Å². The highest BCUT2D eigenvalue weighted by Crippen LogP contribution is 2.25. The Kier molecular flexibility index (Phi) is 3.86. The largest absolute Gasteiger partial charge is 0.265 e. The van der Waals surface area contributed by atoms with E-state index in [2.05, 4.69) is 4.98 Å². The molecule has 0 saturated carbocycles. The summed E-state index contributed by atoms with van der Waals surface area (Å²) in [7, 11) is 0. The van der Waals surface area contributed by atoms with Gasteiger partial charge in [-0.3, -0.25) is 4.98 Å². The van der Waals surface area contributed by atoms with Gasteiger partial charge in [0, 0.05) is 22.1 Å². The van der Waals surface area contributed by atoms with Crippen molar-refractivity contribution >= 4 is 23.5 Å². The molecule has 0 unspecified atom stereocenters. The van der Waals surface area contributed by atoms with Crippen molar-refractivity contribution in [1.29, 1.82) is 10.5 Å². The van der Waals surface area contributed by atoms with Gasteiger partial charge in [0.15, 0.2) is 5.92 Å². The minimum absolute atomic E-state index is 0.668. The molecule has 4 heteroatoms. The Balaban J connectivity index is 2.15. The van der Waals surface area contributed by atoms with Crippen molar-refractivity contribution in [1.82, 2.24) is 4.98 Å². The Hall–Kier alpha value is -2.43. The molecule has 2 heterocycles. The van der Waals surface area contributed by atoms with E-state index in [1.807, 2.05) is 48.6 Å². The average Bonchev–Trinajstić information content (AvgIpc) is 2.88. The summed E-state index contributed by atoms with van der Waals surface area (Å²) in [6, 6.07) is 11.5. The highest BCUT2D eigenvalue weighted by atomic mass is 32.1. The Morgan fingerprint density at radius 1 is 1.06 bits per heavy atom. The fraction of sp³-hybridized carbons (Fsp3) is 0.0714. The van der Waals surface area contributed by atoms with Gasteiger partial charge in [-0.05, 0) is 35.9 Å². The molecule has 18 heavy (non-hydrogen) atoms. The Morgan fingerprint density at radius 3 is 2.44 bits per heavy atom. The van der Waals surface area contributed by atoms with Gasteiger partial charge >= 0.3 is 0 Å². The van der Waals surface area contributed by atoms with Crippen molar-refractivity contribution < 1.29 is 0 Å². The van der Waals surface area contributed by atoms with Crippen molar-refractivity contribution in [3.8, 4) is 12.1 Å². The monoisotopic (exact) mass is 251 g/mol. The van der Waals surface area contributed by atoms with Crippen LogP contribution in [-0.2, 0) is 0 Å². The lowest BCUT2D eigenvalue weighted by Crippen LogP contribution is -1.85. The maximum absolute atomic E-state index is 8.81. The molecule has 2 rings (SSSR count). The van der Waals surface area contributed by atoms with Gasteiger partial charge in [0.05, 0.1) is 12.1 Å². The number of thiophene rings is 1. The highest BCUT2D eigenvalue weighted by Gasteiger charge is 2.10. The molecule has 0 aliphatic rings. The molecule has 0 atom stereocenters. The third-order valence-electron chi connectivity index (χ3n) is 2.34. The normalized spacial score (nSPS) is 10.4. The number of nitriles is 2. The second kappa shape index (κ2) is 5.77. The molecule has 0 saturated heterocycles. The first kappa shape index (κ1) is 12.0. The van der Waals surface area contributed by atoms with Gasteiger partial charge in [-0.15, -0.1) is 11.3 Å². The van der Waals surface area contributed by atoms with Crippen LogP contribution in [0, 0.1) is 22.7 Å². The van der Waals surface area contributed by atoms with E-state index in [1.54, 1.807) is 12.4 Å². The molecular weight excluding hydrogens is 242 g/mol. The molecule has 0 amide bonds. The molecule has 0 aliphatic carbocycles. The molecule has 86 valence electrons. The maximum Gasteiger partial charge on any atom is 0.167 e. The average molecular weight is 251 g/mol. The number of hydrogen-bond acceptors (Lipinski definition) is 4. The molecule has 0 bridgehead atoms. The van der Waals surface area contributed by atoms with Crippen LogP contribution in [0.3, 0.4) is 0 Å². The summed E-state index contributed by atoms with van der Waals surface area (Å²) in [5.41, 5.74) is 1.07. The topological polar surface area (TPSA) is 60.5 Å². The van der Waals surface area contributed by atoms with Crippen molar-refractivity contribution in [2.24, 2.45) is 0 Å². The van der Waals surface area contributed by atoms with E-state index in [9.17, 15) is 0 Å². The SMILES string of the molecule is N#CC(C#N)c1ccc(/C=C/c2ccncc2)s1. The molecule has 2 aromatic rings. The number of aromatic nitrogens is 1. The smallest absolute Gasteiger partial charge is 0.167 e.